The molecule has 3 aromatic rings. The number of rotatable bonds is 7. The van der Waals surface area contributed by atoms with E-state index >= 15 is 0 Å². The number of nitrogens with zero attached hydrogens (tertiary/aromatic N) is 2. The Labute approximate surface area is 222 Å². The van der Waals surface area contributed by atoms with Crippen LogP contribution >= 0.6 is 0 Å². The van der Waals surface area contributed by atoms with Crippen molar-refractivity contribution in [1.82, 2.24) is 20.3 Å². The van der Waals surface area contributed by atoms with Gasteiger partial charge in [0.05, 0.1) is 36.4 Å². The molecular weight excluding hydrogens is 511 g/mol. The fraction of sp³-hybridized carbons (Fsp3) is 0.385. The second kappa shape index (κ2) is 10.7. The van der Waals surface area contributed by atoms with E-state index in [1.807, 2.05) is 0 Å². The number of ketones is 1. The predicted octanol–water partition coefficient (Wildman–Crippen LogP) is 1.89. The highest BCUT2D eigenvalue weighted by Crippen LogP contribution is 2.31. The summed E-state index contributed by atoms with van der Waals surface area (Å²) in [5, 5.41) is 15.6. The number of carbonyl (C=O) groups is 3. The van der Waals surface area contributed by atoms with Crippen LogP contribution in [0.1, 0.15) is 49.1 Å². The molecule has 39 heavy (non-hydrogen) atoms. The van der Waals surface area contributed by atoms with E-state index in [2.05, 4.69) is 21.0 Å². The zero-order valence-corrected chi connectivity index (χ0v) is 21.0. The van der Waals surface area contributed by atoms with E-state index in [0.717, 1.165) is 36.2 Å². The molecule has 2 aliphatic rings. The Bertz CT molecular complexity index is 1420. The van der Waals surface area contributed by atoms with Gasteiger partial charge in [0.1, 0.15) is 11.4 Å². The molecule has 1 saturated carbocycles. The first kappa shape index (κ1) is 26.1. The number of furan rings is 1. The minimum atomic E-state index is -1.14. The number of piperidine rings is 1. The number of halogens is 1. The summed E-state index contributed by atoms with van der Waals surface area (Å²) >= 11 is 0. The number of benzene rings is 1. The van der Waals surface area contributed by atoms with Crippen molar-refractivity contribution < 1.29 is 28.3 Å². The average Bonchev–Trinajstić information content (AvgIpc) is 3.57. The summed E-state index contributed by atoms with van der Waals surface area (Å²) in [5.41, 5.74) is 1.49. The Hall–Kier alpha value is -4.55. The maximum absolute atomic E-state index is 14.1. The fourth-order valence-electron chi connectivity index (χ4n) is 5.19. The molecule has 1 saturated heterocycles. The van der Waals surface area contributed by atoms with Crippen LogP contribution in [0.3, 0.4) is 0 Å². The van der Waals surface area contributed by atoms with E-state index in [-0.39, 0.29) is 30.2 Å². The second-order valence-electron chi connectivity index (χ2n) is 9.84. The Morgan fingerprint density at radius 3 is 2.62 bits per heavy atom. The highest BCUT2D eigenvalue weighted by atomic mass is 19.1. The van der Waals surface area contributed by atoms with Gasteiger partial charge in [0, 0.05) is 12.6 Å². The molecule has 0 bridgehead atoms. The van der Waals surface area contributed by atoms with Crippen molar-refractivity contribution in [3.8, 4) is 5.88 Å². The molecule has 5 N–H and O–H groups in total. The monoisotopic (exact) mass is 540 g/mol. The molecule has 3 heterocycles. The van der Waals surface area contributed by atoms with Gasteiger partial charge in [-0.3, -0.25) is 19.8 Å². The Kier molecular flexibility index (Phi) is 7.13. The first-order valence-corrected chi connectivity index (χ1v) is 12.8. The highest BCUT2D eigenvalue weighted by molar-refractivity contribution is 6.00. The third-order valence-corrected chi connectivity index (χ3v) is 7.26. The molecule has 2 aromatic heterocycles. The van der Waals surface area contributed by atoms with Crippen LogP contribution in [-0.4, -0.2) is 57.0 Å². The summed E-state index contributed by atoms with van der Waals surface area (Å²) in [6.45, 7) is 0.266. The molecular formula is C26H29FN6O6. The molecule has 1 aromatic carbocycles. The number of H-pyrrole nitrogens is 1. The van der Waals surface area contributed by atoms with Gasteiger partial charge in [0.2, 0.25) is 11.8 Å². The minimum Gasteiger partial charge on any atom is -0.492 e. The van der Waals surface area contributed by atoms with Crippen LogP contribution in [0.4, 0.5) is 15.8 Å². The van der Waals surface area contributed by atoms with Gasteiger partial charge in [-0.15, -0.1) is 0 Å². The molecule has 1 unspecified atom stereocenters. The van der Waals surface area contributed by atoms with Crippen molar-refractivity contribution in [2.45, 2.75) is 50.1 Å². The smallest absolute Gasteiger partial charge is 0.347 e. The van der Waals surface area contributed by atoms with Gasteiger partial charge in [0.25, 0.3) is 5.91 Å². The Balaban J connectivity index is 1.29. The number of carbonyl (C=O) groups excluding carboxylic acids is 3. The average molecular weight is 541 g/mol. The van der Waals surface area contributed by atoms with E-state index < -0.39 is 40.8 Å². The third kappa shape index (κ3) is 5.38. The van der Waals surface area contributed by atoms with Crippen LogP contribution in [0.5, 0.6) is 5.88 Å². The fourth-order valence-corrected chi connectivity index (χ4v) is 5.19. The van der Waals surface area contributed by atoms with Crippen molar-refractivity contribution in [1.29, 1.82) is 0 Å². The predicted molar refractivity (Wildman–Crippen MR) is 138 cm³/mol. The molecule has 0 spiro atoms. The van der Waals surface area contributed by atoms with Crippen molar-refractivity contribution in [3.63, 3.8) is 0 Å². The molecule has 13 heteroatoms. The lowest BCUT2D eigenvalue weighted by molar-refractivity contribution is -0.133. The number of aromatic hydroxyl groups is 1. The van der Waals surface area contributed by atoms with Crippen LogP contribution < -0.4 is 26.6 Å². The molecule has 206 valence electrons. The maximum atomic E-state index is 14.1. The van der Waals surface area contributed by atoms with Crippen LogP contribution in [0.25, 0.3) is 0 Å². The van der Waals surface area contributed by atoms with E-state index in [1.54, 1.807) is 11.0 Å². The molecule has 2 fully saturated rings. The normalized spacial score (nSPS) is 18.9. The van der Waals surface area contributed by atoms with Crippen LogP contribution in [-0.2, 0) is 9.59 Å². The van der Waals surface area contributed by atoms with Gasteiger partial charge >= 0.3 is 5.69 Å². The third-order valence-electron chi connectivity index (χ3n) is 7.26. The van der Waals surface area contributed by atoms with E-state index in [4.69, 9.17) is 4.42 Å². The van der Waals surface area contributed by atoms with Gasteiger partial charge in [-0.1, -0.05) is 19.3 Å². The zero-order chi connectivity index (χ0) is 27.6. The van der Waals surface area contributed by atoms with E-state index in [1.165, 1.54) is 24.5 Å². The summed E-state index contributed by atoms with van der Waals surface area (Å²) < 4.78 is 20.0. The molecule has 1 atom stereocenters. The lowest BCUT2D eigenvalue weighted by Crippen LogP contribution is -2.63. The van der Waals surface area contributed by atoms with E-state index in [9.17, 15) is 28.7 Å². The molecule has 12 nitrogen and oxygen atoms in total. The maximum Gasteiger partial charge on any atom is 0.347 e. The van der Waals surface area contributed by atoms with Crippen molar-refractivity contribution in [2.24, 2.45) is 0 Å². The Morgan fingerprint density at radius 1 is 1.15 bits per heavy atom. The van der Waals surface area contributed by atoms with Gasteiger partial charge in [-0.2, -0.15) is 4.68 Å². The first-order chi connectivity index (χ1) is 18.8. The summed E-state index contributed by atoms with van der Waals surface area (Å²) in [4.78, 5) is 55.3. The van der Waals surface area contributed by atoms with E-state index in [0.29, 0.717) is 25.1 Å². The quantitative estimate of drug-likeness (QED) is 0.304. The molecule has 5 rings (SSSR count). The van der Waals surface area contributed by atoms with Crippen LogP contribution in [0, 0.1) is 5.82 Å². The number of anilines is 2. The second-order valence-corrected chi connectivity index (χ2v) is 9.84. The number of nitrogens with one attached hydrogen (secondary N) is 4. The molecule has 2 amide bonds. The van der Waals surface area contributed by atoms with Crippen molar-refractivity contribution in [2.75, 3.05) is 23.4 Å². The van der Waals surface area contributed by atoms with Gasteiger partial charge < -0.3 is 30.0 Å². The summed E-state index contributed by atoms with van der Waals surface area (Å²) in [5.74, 6) is -2.01. The lowest BCUT2D eigenvalue weighted by Gasteiger charge is -2.39. The zero-order valence-electron chi connectivity index (χ0n) is 21.0. The van der Waals surface area contributed by atoms with Gasteiger partial charge in [-0.05, 0) is 43.5 Å². The summed E-state index contributed by atoms with van der Waals surface area (Å²) in [6.07, 6.45) is 6.13. The number of amides is 2. The first-order valence-electron chi connectivity index (χ1n) is 12.8. The summed E-state index contributed by atoms with van der Waals surface area (Å²) in [7, 11) is 0. The lowest BCUT2D eigenvalue weighted by atomic mass is 9.80. The largest absolute Gasteiger partial charge is 0.492 e. The standard InChI is InChI=1S/C26H29FN6O6/c27-16-6-7-19(18(13-16)31-33-22(35)14-28-25(33)38)32-11-8-17(20(34)15-32)29-24(37)26(9-2-1-3-10-26)30-23(36)21-5-4-12-39-21/h4-7,12-14,17,31,35H,1-3,8-11,15H2,(H,28,38)(H,29,37)(H,30,36). The summed E-state index contributed by atoms with van der Waals surface area (Å²) in [6, 6.07) is 6.21. The molecule has 1 aliphatic heterocycles. The number of aromatic amines is 1. The molecule has 1 aliphatic carbocycles. The van der Waals surface area contributed by atoms with Crippen molar-refractivity contribution >= 4 is 29.0 Å². The Morgan fingerprint density at radius 2 is 1.95 bits per heavy atom. The van der Waals surface area contributed by atoms with Crippen molar-refractivity contribution in [3.05, 3.63) is 64.9 Å². The number of hydrogen-bond acceptors (Lipinski definition) is 8. The topological polar surface area (TPSA) is 162 Å². The number of imidazole rings is 1. The number of hydrogen-bond donors (Lipinski definition) is 5. The van der Waals surface area contributed by atoms with Gasteiger partial charge in [-0.25, -0.2) is 9.18 Å². The van der Waals surface area contributed by atoms with Crippen LogP contribution in [0.15, 0.2) is 52.0 Å². The number of aromatic nitrogens is 2. The van der Waals surface area contributed by atoms with Gasteiger partial charge in [0.15, 0.2) is 11.5 Å². The molecule has 0 radical (unpaired) electrons. The minimum absolute atomic E-state index is 0.0783. The van der Waals surface area contributed by atoms with Crippen LogP contribution in [0.2, 0.25) is 0 Å². The number of Topliss-reactive ketones (excluding diaryl/α,β-unsaturated/α-hetero) is 1. The SMILES string of the molecule is O=C(NC1(C(=O)NC2CCN(c3ccc(F)cc3Nn3c(O)c[nH]c3=O)CC2=O)CCCCC1)c1ccco1. The highest BCUT2D eigenvalue weighted by Gasteiger charge is 2.43.